The Morgan fingerprint density at radius 1 is 1.43 bits per heavy atom. The summed E-state index contributed by atoms with van der Waals surface area (Å²) in [4.78, 5) is 24.0. The van der Waals surface area contributed by atoms with Crippen LogP contribution in [0.3, 0.4) is 0 Å². The van der Waals surface area contributed by atoms with E-state index < -0.39 is 0 Å². The highest BCUT2D eigenvalue weighted by Crippen LogP contribution is 2.17. The molecular weight excluding hydrogens is 182 g/mol. The van der Waals surface area contributed by atoms with Crippen molar-refractivity contribution < 1.29 is 14.7 Å². The molecule has 0 spiro atoms. The number of likely N-dealkylation sites (tertiary alicyclic amines) is 1. The predicted molar refractivity (Wildman–Crippen MR) is 51.7 cm³/mol. The van der Waals surface area contributed by atoms with E-state index in [9.17, 15) is 9.59 Å². The fourth-order valence-electron chi connectivity index (χ4n) is 1.83. The Hall–Kier alpha value is -0.900. The molecule has 1 heterocycles. The quantitative estimate of drug-likeness (QED) is 0.667. The number of amides is 1. The van der Waals surface area contributed by atoms with Crippen molar-refractivity contribution in [1.82, 2.24) is 4.90 Å². The standard InChI is InChI=1S/C10H17NO3/c1-8(13)6-10(14)11-5-3-2-4-9(11)7-12/h9,12H,2-7H2,1H3/t9-/m0/s1. The molecule has 1 rings (SSSR count). The predicted octanol–water partition coefficient (Wildman–Crippen LogP) is 0.339. The molecule has 1 N–H and O–H groups in total. The molecule has 0 bridgehead atoms. The summed E-state index contributed by atoms with van der Waals surface area (Å²) in [5.41, 5.74) is 0. The first-order chi connectivity index (χ1) is 6.65. The lowest BCUT2D eigenvalue weighted by Gasteiger charge is -2.34. The summed E-state index contributed by atoms with van der Waals surface area (Å²) in [5.74, 6) is -0.256. The van der Waals surface area contributed by atoms with Gasteiger partial charge in [-0.1, -0.05) is 0 Å². The average Bonchev–Trinajstić information content (AvgIpc) is 2.16. The third-order valence-corrected chi connectivity index (χ3v) is 2.56. The van der Waals surface area contributed by atoms with Crippen molar-refractivity contribution >= 4 is 11.7 Å². The van der Waals surface area contributed by atoms with Gasteiger partial charge in [0.15, 0.2) is 0 Å². The lowest BCUT2D eigenvalue weighted by atomic mass is 10.0. The minimum absolute atomic E-state index is 0.00362. The van der Waals surface area contributed by atoms with Gasteiger partial charge in [-0.2, -0.15) is 0 Å². The van der Waals surface area contributed by atoms with Crippen LogP contribution in [0.25, 0.3) is 0 Å². The van der Waals surface area contributed by atoms with Crippen LogP contribution in [0.2, 0.25) is 0 Å². The van der Waals surface area contributed by atoms with E-state index >= 15 is 0 Å². The number of carbonyl (C=O) groups excluding carboxylic acids is 2. The molecule has 1 aliphatic rings. The molecule has 4 nitrogen and oxygen atoms in total. The van der Waals surface area contributed by atoms with Crippen molar-refractivity contribution in [3.05, 3.63) is 0 Å². The summed E-state index contributed by atoms with van der Waals surface area (Å²) in [6, 6.07) is -0.0735. The first kappa shape index (κ1) is 11.2. The number of ketones is 1. The van der Waals surface area contributed by atoms with Crippen LogP contribution in [0.15, 0.2) is 0 Å². The van der Waals surface area contributed by atoms with Crippen molar-refractivity contribution in [2.45, 2.75) is 38.6 Å². The van der Waals surface area contributed by atoms with Gasteiger partial charge < -0.3 is 10.0 Å². The lowest BCUT2D eigenvalue weighted by Crippen LogP contribution is -2.46. The van der Waals surface area contributed by atoms with Gasteiger partial charge in [-0.15, -0.1) is 0 Å². The first-order valence-corrected chi connectivity index (χ1v) is 5.05. The van der Waals surface area contributed by atoms with E-state index in [0.29, 0.717) is 6.54 Å². The maximum Gasteiger partial charge on any atom is 0.230 e. The molecule has 0 aromatic carbocycles. The minimum atomic E-state index is -0.142. The number of aliphatic hydroxyl groups excluding tert-OH is 1. The number of aliphatic hydroxyl groups is 1. The van der Waals surface area contributed by atoms with Gasteiger partial charge >= 0.3 is 0 Å². The maximum atomic E-state index is 11.6. The van der Waals surface area contributed by atoms with Crippen LogP contribution in [0, 0.1) is 0 Å². The van der Waals surface area contributed by atoms with Crippen LogP contribution in [0.4, 0.5) is 0 Å². The van der Waals surface area contributed by atoms with Gasteiger partial charge in [0.2, 0.25) is 5.91 Å². The normalized spacial score (nSPS) is 22.1. The number of rotatable bonds is 3. The number of carbonyl (C=O) groups is 2. The highest BCUT2D eigenvalue weighted by Gasteiger charge is 2.26. The molecule has 0 aromatic heterocycles. The van der Waals surface area contributed by atoms with E-state index in [-0.39, 0.29) is 30.8 Å². The van der Waals surface area contributed by atoms with E-state index in [4.69, 9.17) is 5.11 Å². The first-order valence-electron chi connectivity index (χ1n) is 5.05. The van der Waals surface area contributed by atoms with E-state index in [1.165, 1.54) is 6.92 Å². The number of nitrogens with zero attached hydrogens (tertiary/aromatic N) is 1. The number of piperidine rings is 1. The third-order valence-electron chi connectivity index (χ3n) is 2.56. The monoisotopic (exact) mass is 199 g/mol. The molecule has 1 aliphatic heterocycles. The van der Waals surface area contributed by atoms with Crippen LogP contribution in [0.5, 0.6) is 0 Å². The lowest BCUT2D eigenvalue weighted by molar-refractivity contribution is -0.138. The zero-order valence-electron chi connectivity index (χ0n) is 8.53. The molecule has 1 amide bonds. The SMILES string of the molecule is CC(=O)CC(=O)N1CCCC[C@H]1CO. The zero-order valence-corrected chi connectivity index (χ0v) is 8.53. The number of hydrogen-bond donors (Lipinski definition) is 1. The molecule has 0 radical (unpaired) electrons. The molecule has 0 aliphatic carbocycles. The molecule has 1 atom stereocenters. The summed E-state index contributed by atoms with van der Waals surface area (Å²) in [6.07, 6.45) is 2.84. The largest absolute Gasteiger partial charge is 0.394 e. The van der Waals surface area contributed by atoms with Crippen molar-refractivity contribution in [1.29, 1.82) is 0 Å². The Morgan fingerprint density at radius 2 is 2.14 bits per heavy atom. The summed E-state index contributed by atoms with van der Waals surface area (Å²) in [7, 11) is 0. The van der Waals surface area contributed by atoms with Crippen LogP contribution < -0.4 is 0 Å². The van der Waals surface area contributed by atoms with Gasteiger partial charge in [0.1, 0.15) is 5.78 Å². The van der Waals surface area contributed by atoms with Gasteiger partial charge in [0.25, 0.3) is 0 Å². The number of Topliss-reactive ketones (excluding diaryl/α,β-unsaturated/α-hetero) is 1. The Kier molecular flexibility index (Phi) is 4.07. The molecule has 0 saturated carbocycles. The van der Waals surface area contributed by atoms with Gasteiger partial charge in [-0.25, -0.2) is 0 Å². The molecule has 0 unspecified atom stereocenters. The highest BCUT2D eigenvalue weighted by molar-refractivity contribution is 5.96. The van der Waals surface area contributed by atoms with Gasteiger partial charge in [-0.3, -0.25) is 9.59 Å². The molecule has 1 fully saturated rings. The Labute approximate surface area is 83.9 Å². The maximum absolute atomic E-state index is 11.6. The third kappa shape index (κ3) is 2.80. The zero-order chi connectivity index (χ0) is 10.6. The summed E-state index contributed by atoms with van der Waals surface area (Å²) < 4.78 is 0. The molecule has 80 valence electrons. The van der Waals surface area contributed by atoms with E-state index in [2.05, 4.69) is 0 Å². The van der Waals surface area contributed by atoms with Crippen LogP contribution in [-0.4, -0.2) is 40.9 Å². The van der Waals surface area contributed by atoms with Crippen LogP contribution >= 0.6 is 0 Å². The number of hydrogen-bond acceptors (Lipinski definition) is 3. The summed E-state index contributed by atoms with van der Waals surface area (Å²) >= 11 is 0. The molecule has 14 heavy (non-hydrogen) atoms. The second-order valence-corrected chi connectivity index (χ2v) is 3.80. The fourth-order valence-corrected chi connectivity index (χ4v) is 1.83. The second-order valence-electron chi connectivity index (χ2n) is 3.80. The highest BCUT2D eigenvalue weighted by atomic mass is 16.3. The Morgan fingerprint density at radius 3 is 2.71 bits per heavy atom. The molecule has 1 saturated heterocycles. The molecular formula is C10H17NO3. The topological polar surface area (TPSA) is 57.6 Å². The summed E-state index contributed by atoms with van der Waals surface area (Å²) in [5, 5.41) is 9.07. The van der Waals surface area contributed by atoms with Crippen molar-refractivity contribution in [2.24, 2.45) is 0 Å². The second kappa shape index (κ2) is 5.10. The van der Waals surface area contributed by atoms with Crippen LogP contribution in [-0.2, 0) is 9.59 Å². The van der Waals surface area contributed by atoms with E-state index in [0.717, 1.165) is 19.3 Å². The van der Waals surface area contributed by atoms with Gasteiger partial charge in [-0.05, 0) is 26.2 Å². The Balaban J connectivity index is 2.54. The molecule has 4 heteroatoms. The van der Waals surface area contributed by atoms with Crippen molar-refractivity contribution in [3.8, 4) is 0 Å². The Bertz CT molecular complexity index is 227. The average molecular weight is 199 g/mol. The smallest absolute Gasteiger partial charge is 0.230 e. The van der Waals surface area contributed by atoms with Crippen LogP contribution in [0.1, 0.15) is 32.6 Å². The van der Waals surface area contributed by atoms with E-state index in [1.807, 2.05) is 0 Å². The fraction of sp³-hybridized carbons (Fsp3) is 0.800. The summed E-state index contributed by atoms with van der Waals surface area (Å²) in [6.45, 7) is 2.09. The van der Waals surface area contributed by atoms with E-state index in [1.54, 1.807) is 4.90 Å². The van der Waals surface area contributed by atoms with Gasteiger partial charge in [0.05, 0.1) is 19.1 Å². The van der Waals surface area contributed by atoms with Crippen molar-refractivity contribution in [3.63, 3.8) is 0 Å². The van der Waals surface area contributed by atoms with Gasteiger partial charge in [0, 0.05) is 6.54 Å². The van der Waals surface area contributed by atoms with Crippen molar-refractivity contribution in [2.75, 3.05) is 13.2 Å². The molecule has 0 aromatic rings. The minimum Gasteiger partial charge on any atom is -0.394 e.